The van der Waals surface area contributed by atoms with Crippen LogP contribution in [0.25, 0.3) is 0 Å². The maximum absolute atomic E-state index is 11.3. The smallest absolute Gasteiger partial charge is 0.307 e. The minimum Gasteiger partial charge on any atom is -0.494 e. The molecule has 0 saturated carbocycles. The van der Waals surface area contributed by atoms with E-state index in [4.69, 9.17) is 9.47 Å². The number of esters is 1. The fourth-order valence-corrected chi connectivity index (χ4v) is 1.65. The first kappa shape index (κ1) is 14.4. The average Bonchev–Trinajstić information content (AvgIpc) is 2.29. The van der Waals surface area contributed by atoms with Crippen molar-refractivity contribution in [3.8, 4) is 5.75 Å². The molecule has 0 aliphatic rings. The Kier molecular flexibility index (Phi) is 6.05. The third-order valence-corrected chi connectivity index (χ3v) is 2.34. The van der Waals surface area contributed by atoms with Crippen molar-refractivity contribution in [2.24, 2.45) is 0 Å². The summed E-state index contributed by atoms with van der Waals surface area (Å²) in [5.74, 6) is 0.643. The lowest BCUT2D eigenvalue weighted by atomic mass is 10.2. The zero-order valence-electron chi connectivity index (χ0n) is 11.2. The Labute approximate surface area is 108 Å². The lowest BCUT2D eigenvalue weighted by molar-refractivity contribution is -0.143. The number of rotatable bonds is 7. The van der Waals surface area contributed by atoms with Gasteiger partial charge in [-0.15, -0.1) is 0 Å². The fraction of sp³-hybridized carbons (Fsp3) is 0.500. The van der Waals surface area contributed by atoms with E-state index in [2.05, 4.69) is 5.32 Å². The van der Waals surface area contributed by atoms with Gasteiger partial charge in [-0.1, -0.05) is 6.07 Å². The molecule has 0 fully saturated rings. The number of carbonyl (C=O) groups excluding carboxylic acids is 1. The van der Waals surface area contributed by atoms with Crippen molar-refractivity contribution in [3.63, 3.8) is 0 Å². The van der Waals surface area contributed by atoms with Crippen LogP contribution in [-0.2, 0) is 9.53 Å². The monoisotopic (exact) mass is 251 g/mol. The summed E-state index contributed by atoms with van der Waals surface area (Å²) in [5, 5.41) is 3.25. The first-order valence-electron chi connectivity index (χ1n) is 6.30. The van der Waals surface area contributed by atoms with Crippen molar-refractivity contribution in [2.45, 2.75) is 33.2 Å². The molecule has 1 unspecified atom stereocenters. The van der Waals surface area contributed by atoms with E-state index < -0.39 is 0 Å². The Balaban J connectivity index is 2.50. The molecule has 1 aromatic carbocycles. The Morgan fingerprint density at radius 2 is 2.11 bits per heavy atom. The van der Waals surface area contributed by atoms with E-state index in [-0.39, 0.29) is 12.0 Å². The van der Waals surface area contributed by atoms with Gasteiger partial charge in [0, 0.05) is 17.8 Å². The number of carbonyl (C=O) groups is 1. The second-order valence-electron chi connectivity index (χ2n) is 4.02. The van der Waals surface area contributed by atoms with E-state index in [9.17, 15) is 4.79 Å². The molecule has 1 N–H and O–H groups in total. The van der Waals surface area contributed by atoms with E-state index in [0.717, 1.165) is 11.4 Å². The predicted molar refractivity (Wildman–Crippen MR) is 71.9 cm³/mol. The summed E-state index contributed by atoms with van der Waals surface area (Å²) in [5.41, 5.74) is 0.942. The van der Waals surface area contributed by atoms with E-state index in [1.54, 1.807) is 0 Å². The van der Waals surface area contributed by atoms with Crippen LogP contribution in [0.2, 0.25) is 0 Å². The molecule has 100 valence electrons. The fourth-order valence-electron chi connectivity index (χ4n) is 1.65. The summed E-state index contributed by atoms with van der Waals surface area (Å²) >= 11 is 0. The Bertz CT molecular complexity index is 379. The number of benzene rings is 1. The second-order valence-corrected chi connectivity index (χ2v) is 4.02. The highest BCUT2D eigenvalue weighted by atomic mass is 16.5. The van der Waals surface area contributed by atoms with Gasteiger partial charge in [-0.2, -0.15) is 0 Å². The summed E-state index contributed by atoms with van der Waals surface area (Å²) in [6, 6.07) is 7.73. The van der Waals surface area contributed by atoms with Crippen LogP contribution < -0.4 is 10.1 Å². The van der Waals surface area contributed by atoms with Crippen LogP contribution in [0, 0.1) is 0 Å². The molecule has 0 radical (unpaired) electrons. The second kappa shape index (κ2) is 7.58. The van der Waals surface area contributed by atoms with Gasteiger partial charge in [-0.3, -0.25) is 4.79 Å². The van der Waals surface area contributed by atoms with Crippen LogP contribution in [0.4, 0.5) is 5.69 Å². The molecular weight excluding hydrogens is 230 g/mol. The molecule has 0 amide bonds. The average molecular weight is 251 g/mol. The van der Waals surface area contributed by atoms with Crippen molar-refractivity contribution in [2.75, 3.05) is 18.5 Å². The number of hydrogen-bond acceptors (Lipinski definition) is 4. The van der Waals surface area contributed by atoms with Gasteiger partial charge in [0.15, 0.2) is 0 Å². The molecule has 0 spiro atoms. The van der Waals surface area contributed by atoms with Crippen molar-refractivity contribution in [1.29, 1.82) is 0 Å². The van der Waals surface area contributed by atoms with E-state index in [1.165, 1.54) is 0 Å². The third-order valence-electron chi connectivity index (χ3n) is 2.34. The standard InChI is InChI=1S/C14H21NO3/c1-4-17-13-8-6-7-12(10-13)15-11(3)9-14(16)18-5-2/h6-8,10-11,15H,4-5,9H2,1-3H3. The zero-order chi connectivity index (χ0) is 13.4. The Morgan fingerprint density at radius 1 is 1.33 bits per heavy atom. The first-order chi connectivity index (χ1) is 8.65. The first-order valence-corrected chi connectivity index (χ1v) is 6.30. The molecule has 1 atom stereocenters. The largest absolute Gasteiger partial charge is 0.494 e. The molecule has 4 heteroatoms. The summed E-state index contributed by atoms with van der Waals surface area (Å²) < 4.78 is 10.3. The highest BCUT2D eigenvalue weighted by molar-refractivity contribution is 5.70. The molecule has 0 bridgehead atoms. The van der Waals surface area contributed by atoms with Gasteiger partial charge in [0.2, 0.25) is 0 Å². The summed E-state index contributed by atoms with van der Waals surface area (Å²) in [4.78, 5) is 11.3. The van der Waals surface area contributed by atoms with Gasteiger partial charge < -0.3 is 14.8 Å². The molecular formula is C14H21NO3. The van der Waals surface area contributed by atoms with Crippen molar-refractivity contribution in [1.82, 2.24) is 0 Å². The molecule has 1 aromatic rings. The molecule has 1 rings (SSSR count). The summed E-state index contributed by atoms with van der Waals surface area (Å²) in [6.45, 7) is 6.77. The van der Waals surface area contributed by atoms with Crippen molar-refractivity contribution in [3.05, 3.63) is 24.3 Å². The van der Waals surface area contributed by atoms with Crippen LogP contribution in [0.15, 0.2) is 24.3 Å². The minimum absolute atomic E-state index is 0.0286. The van der Waals surface area contributed by atoms with Crippen LogP contribution in [0.5, 0.6) is 5.75 Å². The summed E-state index contributed by atoms with van der Waals surface area (Å²) in [7, 11) is 0. The van der Waals surface area contributed by atoms with Crippen molar-refractivity contribution >= 4 is 11.7 Å². The van der Waals surface area contributed by atoms with Crippen LogP contribution >= 0.6 is 0 Å². The number of hydrogen-bond donors (Lipinski definition) is 1. The number of ether oxygens (including phenoxy) is 2. The maximum atomic E-state index is 11.3. The third kappa shape index (κ3) is 5.08. The highest BCUT2D eigenvalue weighted by Crippen LogP contribution is 2.18. The molecule has 0 saturated heterocycles. The van der Waals surface area contributed by atoms with Crippen LogP contribution in [0.1, 0.15) is 27.2 Å². The topological polar surface area (TPSA) is 47.6 Å². The van der Waals surface area contributed by atoms with E-state index in [0.29, 0.717) is 19.6 Å². The van der Waals surface area contributed by atoms with Gasteiger partial charge in [-0.05, 0) is 32.9 Å². The van der Waals surface area contributed by atoms with E-state index >= 15 is 0 Å². The maximum Gasteiger partial charge on any atom is 0.307 e. The highest BCUT2D eigenvalue weighted by Gasteiger charge is 2.09. The quantitative estimate of drug-likeness (QED) is 0.757. The molecule has 0 aliphatic carbocycles. The molecule has 18 heavy (non-hydrogen) atoms. The van der Waals surface area contributed by atoms with Gasteiger partial charge in [0.25, 0.3) is 0 Å². The van der Waals surface area contributed by atoms with Crippen LogP contribution in [-0.4, -0.2) is 25.2 Å². The van der Waals surface area contributed by atoms with Gasteiger partial charge in [0.05, 0.1) is 19.6 Å². The molecule has 0 aliphatic heterocycles. The van der Waals surface area contributed by atoms with E-state index in [1.807, 2.05) is 45.0 Å². The lowest BCUT2D eigenvalue weighted by Crippen LogP contribution is -2.21. The minimum atomic E-state index is -0.182. The summed E-state index contributed by atoms with van der Waals surface area (Å²) in [6.07, 6.45) is 0.354. The van der Waals surface area contributed by atoms with Gasteiger partial charge in [0.1, 0.15) is 5.75 Å². The molecule has 0 heterocycles. The van der Waals surface area contributed by atoms with Gasteiger partial charge in [-0.25, -0.2) is 0 Å². The SMILES string of the molecule is CCOC(=O)CC(C)Nc1cccc(OCC)c1. The lowest BCUT2D eigenvalue weighted by Gasteiger charge is -2.15. The van der Waals surface area contributed by atoms with Gasteiger partial charge >= 0.3 is 5.97 Å². The Hall–Kier alpha value is -1.71. The number of nitrogens with one attached hydrogen (secondary N) is 1. The number of anilines is 1. The Morgan fingerprint density at radius 3 is 2.78 bits per heavy atom. The molecule has 4 nitrogen and oxygen atoms in total. The normalized spacial score (nSPS) is 11.7. The zero-order valence-corrected chi connectivity index (χ0v) is 11.2. The predicted octanol–water partition coefficient (Wildman–Crippen LogP) is 2.84. The molecule has 0 aromatic heterocycles. The van der Waals surface area contributed by atoms with Crippen LogP contribution in [0.3, 0.4) is 0 Å². The van der Waals surface area contributed by atoms with Crippen molar-refractivity contribution < 1.29 is 14.3 Å².